The SMILES string of the molecule is CC1=CC=C(c2ccc(-c3ccc(C)cc3)s2)CC=C1. The molecule has 0 radical (unpaired) electrons. The van der Waals surface area contributed by atoms with Gasteiger partial charge in [-0.1, -0.05) is 59.7 Å². The zero-order valence-corrected chi connectivity index (χ0v) is 12.7. The summed E-state index contributed by atoms with van der Waals surface area (Å²) in [6.07, 6.45) is 9.90. The molecule has 1 heteroatoms. The van der Waals surface area contributed by atoms with Gasteiger partial charge in [-0.2, -0.15) is 0 Å². The summed E-state index contributed by atoms with van der Waals surface area (Å²) in [7, 11) is 0. The molecule has 0 atom stereocenters. The van der Waals surface area contributed by atoms with Crippen molar-refractivity contribution in [2.45, 2.75) is 20.3 Å². The number of hydrogen-bond donors (Lipinski definition) is 0. The van der Waals surface area contributed by atoms with Gasteiger partial charge in [-0.3, -0.25) is 0 Å². The van der Waals surface area contributed by atoms with E-state index in [9.17, 15) is 0 Å². The molecule has 1 heterocycles. The molecule has 100 valence electrons. The molecule has 0 fully saturated rings. The molecule has 0 spiro atoms. The molecule has 0 aliphatic heterocycles. The standard InChI is InChI=1S/C19H18S/c1-14-4-3-5-16(9-6-14)18-12-13-19(20-18)17-10-7-15(2)8-11-17/h3-4,6-13H,5H2,1-2H3. The fourth-order valence-electron chi connectivity index (χ4n) is 2.29. The normalized spacial score (nSPS) is 14.7. The number of rotatable bonds is 2. The van der Waals surface area contributed by atoms with Crippen molar-refractivity contribution in [1.29, 1.82) is 0 Å². The highest BCUT2D eigenvalue weighted by Gasteiger charge is 2.07. The monoisotopic (exact) mass is 278 g/mol. The summed E-state index contributed by atoms with van der Waals surface area (Å²) in [5.41, 5.74) is 5.34. The molecule has 0 saturated carbocycles. The highest BCUT2D eigenvalue weighted by molar-refractivity contribution is 7.16. The Balaban J connectivity index is 1.91. The van der Waals surface area contributed by atoms with E-state index in [4.69, 9.17) is 0 Å². The van der Waals surface area contributed by atoms with Crippen LogP contribution in [-0.4, -0.2) is 0 Å². The molecule has 1 aromatic carbocycles. The van der Waals surface area contributed by atoms with E-state index in [-0.39, 0.29) is 0 Å². The van der Waals surface area contributed by atoms with Crippen LogP contribution in [0.5, 0.6) is 0 Å². The molecule has 0 saturated heterocycles. The third kappa shape index (κ3) is 2.83. The Labute approximate surface area is 124 Å². The summed E-state index contributed by atoms with van der Waals surface area (Å²) in [5.74, 6) is 0. The van der Waals surface area contributed by atoms with Gasteiger partial charge in [0.1, 0.15) is 0 Å². The Bertz CT molecular complexity index is 694. The summed E-state index contributed by atoms with van der Waals surface area (Å²) in [5, 5.41) is 0. The molecule has 3 rings (SSSR count). The van der Waals surface area contributed by atoms with Gasteiger partial charge in [0.05, 0.1) is 0 Å². The minimum Gasteiger partial charge on any atom is -0.136 e. The predicted molar refractivity (Wildman–Crippen MR) is 90.0 cm³/mol. The second-order valence-electron chi connectivity index (χ2n) is 5.24. The van der Waals surface area contributed by atoms with Gasteiger partial charge in [-0.25, -0.2) is 0 Å². The van der Waals surface area contributed by atoms with Crippen LogP contribution in [-0.2, 0) is 0 Å². The van der Waals surface area contributed by atoms with Gasteiger partial charge in [0.25, 0.3) is 0 Å². The van der Waals surface area contributed by atoms with Crippen molar-refractivity contribution in [3.63, 3.8) is 0 Å². The van der Waals surface area contributed by atoms with Crippen LogP contribution in [0.15, 0.2) is 66.3 Å². The van der Waals surface area contributed by atoms with E-state index in [1.807, 2.05) is 11.3 Å². The molecule has 2 aromatic rings. The Hall–Kier alpha value is -1.86. The van der Waals surface area contributed by atoms with Gasteiger partial charge < -0.3 is 0 Å². The second-order valence-corrected chi connectivity index (χ2v) is 6.32. The van der Waals surface area contributed by atoms with Crippen LogP contribution in [0.2, 0.25) is 0 Å². The molecule has 0 N–H and O–H groups in total. The first-order valence-corrected chi connectivity index (χ1v) is 7.75. The highest BCUT2D eigenvalue weighted by Crippen LogP contribution is 2.34. The molecule has 20 heavy (non-hydrogen) atoms. The Morgan fingerprint density at radius 3 is 2.40 bits per heavy atom. The maximum absolute atomic E-state index is 2.25. The lowest BCUT2D eigenvalue weighted by Crippen LogP contribution is -1.75. The number of hydrogen-bond acceptors (Lipinski definition) is 1. The average molecular weight is 278 g/mol. The summed E-state index contributed by atoms with van der Waals surface area (Å²) in [6.45, 7) is 4.27. The average Bonchev–Trinajstić information content (AvgIpc) is 2.83. The number of thiophene rings is 1. The van der Waals surface area contributed by atoms with E-state index in [0.29, 0.717) is 0 Å². The topological polar surface area (TPSA) is 0 Å². The summed E-state index contributed by atoms with van der Waals surface area (Å²) < 4.78 is 0. The van der Waals surface area contributed by atoms with E-state index in [0.717, 1.165) is 6.42 Å². The van der Waals surface area contributed by atoms with Crippen molar-refractivity contribution >= 4 is 16.9 Å². The van der Waals surface area contributed by atoms with Crippen molar-refractivity contribution in [2.24, 2.45) is 0 Å². The lowest BCUT2D eigenvalue weighted by molar-refractivity contribution is 1.42. The zero-order chi connectivity index (χ0) is 13.9. The molecular weight excluding hydrogens is 260 g/mol. The molecule has 0 bridgehead atoms. The van der Waals surface area contributed by atoms with E-state index in [1.165, 1.54) is 32.0 Å². The molecule has 0 amide bonds. The lowest BCUT2D eigenvalue weighted by Gasteiger charge is -2.00. The van der Waals surface area contributed by atoms with Crippen molar-refractivity contribution < 1.29 is 0 Å². The molecule has 1 aliphatic carbocycles. The lowest BCUT2D eigenvalue weighted by atomic mass is 10.1. The highest BCUT2D eigenvalue weighted by atomic mass is 32.1. The Kier molecular flexibility index (Phi) is 3.70. The molecule has 0 nitrogen and oxygen atoms in total. The smallest absolute Gasteiger partial charge is 0.0349 e. The van der Waals surface area contributed by atoms with E-state index in [1.54, 1.807) is 0 Å². The number of benzene rings is 1. The van der Waals surface area contributed by atoms with Crippen molar-refractivity contribution in [1.82, 2.24) is 0 Å². The molecule has 1 aliphatic rings. The van der Waals surface area contributed by atoms with Gasteiger partial charge in [-0.05, 0) is 43.5 Å². The fourth-order valence-corrected chi connectivity index (χ4v) is 3.34. The van der Waals surface area contributed by atoms with Gasteiger partial charge in [-0.15, -0.1) is 11.3 Å². The van der Waals surface area contributed by atoms with Crippen LogP contribution < -0.4 is 0 Å². The maximum atomic E-state index is 2.25. The minimum atomic E-state index is 1.02. The van der Waals surface area contributed by atoms with Crippen LogP contribution in [0.4, 0.5) is 0 Å². The van der Waals surface area contributed by atoms with Crippen LogP contribution in [0.3, 0.4) is 0 Å². The first-order chi connectivity index (χ1) is 9.72. The molecular formula is C19H18S. The Morgan fingerprint density at radius 2 is 1.60 bits per heavy atom. The third-order valence-electron chi connectivity index (χ3n) is 3.52. The zero-order valence-electron chi connectivity index (χ0n) is 11.9. The van der Waals surface area contributed by atoms with E-state index in [2.05, 4.69) is 74.5 Å². The maximum Gasteiger partial charge on any atom is 0.0349 e. The number of allylic oxidation sites excluding steroid dienone is 6. The first-order valence-electron chi connectivity index (χ1n) is 6.93. The summed E-state index contributed by atoms with van der Waals surface area (Å²) in [4.78, 5) is 2.71. The van der Waals surface area contributed by atoms with Gasteiger partial charge >= 0.3 is 0 Å². The number of aryl methyl sites for hydroxylation is 1. The van der Waals surface area contributed by atoms with E-state index < -0.39 is 0 Å². The second kappa shape index (κ2) is 5.64. The van der Waals surface area contributed by atoms with Crippen molar-refractivity contribution in [3.05, 3.63) is 76.7 Å². The van der Waals surface area contributed by atoms with Crippen LogP contribution in [0.1, 0.15) is 23.8 Å². The first kappa shape index (κ1) is 13.1. The Morgan fingerprint density at radius 1 is 0.850 bits per heavy atom. The van der Waals surface area contributed by atoms with Crippen LogP contribution in [0.25, 0.3) is 16.0 Å². The molecule has 0 unspecified atom stereocenters. The third-order valence-corrected chi connectivity index (χ3v) is 4.73. The van der Waals surface area contributed by atoms with Gasteiger partial charge in [0.15, 0.2) is 0 Å². The summed E-state index contributed by atoms with van der Waals surface area (Å²) in [6, 6.07) is 13.2. The van der Waals surface area contributed by atoms with Gasteiger partial charge in [0.2, 0.25) is 0 Å². The fraction of sp³-hybridized carbons (Fsp3) is 0.158. The largest absolute Gasteiger partial charge is 0.136 e. The van der Waals surface area contributed by atoms with Crippen LogP contribution in [0, 0.1) is 6.92 Å². The minimum absolute atomic E-state index is 1.02. The van der Waals surface area contributed by atoms with Crippen molar-refractivity contribution in [3.8, 4) is 10.4 Å². The molecule has 1 aromatic heterocycles. The van der Waals surface area contributed by atoms with Crippen molar-refractivity contribution in [2.75, 3.05) is 0 Å². The summed E-state index contributed by atoms with van der Waals surface area (Å²) >= 11 is 1.88. The van der Waals surface area contributed by atoms with Gasteiger partial charge in [0, 0.05) is 9.75 Å². The van der Waals surface area contributed by atoms with E-state index >= 15 is 0 Å². The quantitative estimate of drug-likeness (QED) is 0.630. The predicted octanol–water partition coefficient (Wildman–Crippen LogP) is 6.01. The van der Waals surface area contributed by atoms with Crippen LogP contribution >= 0.6 is 11.3 Å².